The lowest BCUT2D eigenvalue weighted by Gasteiger charge is -2.20. The molecule has 1 aromatic heterocycles. The molecule has 0 spiro atoms. The van der Waals surface area contributed by atoms with Crippen LogP contribution in [0.1, 0.15) is 11.4 Å². The number of aromatic nitrogens is 1. The summed E-state index contributed by atoms with van der Waals surface area (Å²) in [5.74, 6) is 1.45. The topological polar surface area (TPSA) is 62.2 Å². The van der Waals surface area contributed by atoms with E-state index in [1.54, 1.807) is 29.2 Å². The smallest absolute Gasteiger partial charge is 0.244 e. The van der Waals surface area contributed by atoms with Crippen molar-refractivity contribution in [1.29, 1.82) is 0 Å². The third-order valence-corrected chi connectivity index (χ3v) is 5.60. The molecule has 21 heavy (non-hydrogen) atoms. The average Bonchev–Trinajstić information content (AvgIpc) is 3.09. The summed E-state index contributed by atoms with van der Waals surface area (Å²) in [6.45, 7) is 0.309. The highest BCUT2D eigenvalue weighted by molar-refractivity contribution is 7.99. The number of aliphatic hydroxyl groups is 1. The summed E-state index contributed by atoms with van der Waals surface area (Å²) in [5, 5.41) is 13.7. The first-order valence-corrected chi connectivity index (χ1v) is 8.73. The number of carbonyl (C=O) groups excluding carboxylic acids is 1. The Morgan fingerprint density at radius 2 is 2.33 bits per heavy atom. The molecule has 1 unspecified atom stereocenters. The van der Waals surface area contributed by atoms with Crippen molar-refractivity contribution in [3.8, 4) is 0 Å². The predicted molar refractivity (Wildman–Crippen MR) is 88.6 cm³/mol. The number of thioether (sulfide) groups is 1. The number of amides is 1. The molecule has 1 aliphatic heterocycles. The lowest BCUT2D eigenvalue weighted by molar-refractivity contribution is -0.117. The molecule has 1 saturated heterocycles. The molecule has 2 heterocycles. The Bertz CT molecular complexity index is 642. The maximum absolute atomic E-state index is 11.8. The second kappa shape index (κ2) is 6.17. The molecular weight excluding hydrogens is 304 g/mol. The van der Waals surface area contributed by atoms with Crippen LogP contribution in [0, 0.1) is 0 Å². The van der Waals surface area contributed by atoms with Crippen molar-refractivity contribution in [3.63, 3.8) is 0 Å². The van der Waals surface area contributed by atoms with Crippen molar-refractivity contribution in [3.05, 3.63) is 35.3 Å². The van der Waals surface area contributed by atoms with E-state index in [9.17, 15) is 9.90 Å². The van der Waals surface area contributed by atoms with Gasteiger partial charge in [-0.3, -0.25) is 4.79 Å². The van der Waals surface area contributed by atoms with Crippen molar-refractivity contribution in [2.45, 2.75) is 12.0 Å². The molecule has 0 aliphatic carbocycles. The van der Waals surface area contributed by atoms with E-state index in [2.05, 4.69) is 10.3 Å². The van der Waals surface area contributed by atoms with Crippen molar-refractivity contribution < 1.29 is 9.90 Å². The minimum Gasteiger partial charge on any atom is -0.387 e. The Labute approximate surface area is 131 Å². The third-order valence-electron chi connectivity index (χ3n) is 3.36. The number of carbonyl (C=O) groups is 1. The van der Waals surface area contributed by atoms with Crippen LogP contribution in [0.4, 0.5) is 0 Å². The van der Waals surface area contributed by atoms with Gasteiger partial charge in [0.1, 0.15) is 5.01 Å². The first kappa shape index (κ1) is 14.6. The molecule has 6 heteroatoms. The molecule has 0 saturated carbocycles. The zero-order chi connectivity index (χ0) is 14.7. The Morgan fingerprint density at radius 3 is 3.10 bits per heavy atom. The number of rotatable bonds is 4. The van der Waals surface area contributed by atoms with Crippen molar-refractivity contribution in [2.24, 2.45) is 0 Å². The maximum Gasteiger partial charge on any atom is 0.244 e. The number of benzene rings is 1. The molecule has 1 amide bonds. The van der Waals surface area contributed by atoms with Gasteiger partial charge >= 0.3 is 0 Å². The molecule has 1 aliphatic rings. The highest BCUT2D eigenvalue weighted by atomic mass is 32.2. The van der Waals surface area contributed by atoms with Crippen molar-refractivity contribution >= 4 is 45.3 Å². The van der Waals surface area contributed by atoms with E-state index in [-0.39, 0.29) is 5.91 Å². The summed E-state index contributed by atoms with van der Waals surface area (Å²) in [4.78, 5) is 16.2. The van der Waals surface area contributed by atoms with E-state index in [1.165, 1.54) is 6.08 Å². The fraction of sp³-hybridized carbons (Fsp3) is 0.333. The van der Waals surface area contributed by atoms with Gasteiger partial charge in [-0.1, -0.05) is 12.1 Å². The minimum absolute atomic E-state index is 0.195. The zero-order valence-corrected chi connectivity index (χ0v) is 13.0. The summed E-state index contributed by atoms with van der Waals surface area (Å²) >= 11 is 3.27. The normalized spacial score (nSPS) is 22.1. The number of hydrogen-bond donors (Lipinski definition) is 2. The Kier molecular flexibility index (Phi) is 4.28. The van der Waals surface area contributed by atoms with Crippen LogP contribution in [0.15, 0.2) is 30.3 Å². The van der Waals surface area contributed by atoms with Crippen LogP contribution in [0.5, 0.6) is 0 Å². The highest BCUT2D eigenvalue weighted by Crippen LogP contribution is 2.27. The third kappa shape index (κ3) is 3.64. The second-order valence-electron chi connectivity index (χ2n) is 5.10. The summed E-state index contributed by atoms with van der Waals surface area (Å²) in [6.07, 6.45) is 3.93. The quantitative estimate of drug-likeness (QED) is 0.849. The van der Waals surface area contributed by atoms with Crippen LogP contribution in [0.2, 0.25) is 0 Å². The SMILES string of the molecule is O=C(C=Cc1nc2ccccc2s1)NCC1(O)CCSC1. The molecule has 2 N–H and O–H groups in total. The van der Waals surface area contributed by atoms with Crippen LogP contribution in [-0.2, 0) is 4.79 Å². The molecule has 1 atom stereocenters. The van der Waals surface area contributed by atoms with Crippen LogP contribution in [0.25, 0.3) is 16.3 Å². The van der Waals surface area contributed by atoms with E-state index in [4.69, 9.17) is 0 Å². The number of thiazole rings is 1. The first-order valence-electron chi connectivity index (χ1n) is 6.76. The Morgan fingerprint density at radius 1 is 1.48 bits per heavy atom. The van der Waals surface area contributed by atoms with Gasteiger partial charge < -0.3 is 10.4 Å². The molecule has 0 bridgehead atoms. The molecule has 1 aromatic carbocycles. The van der Waals surface area contributed by atoms with E-state index < -0.39 is 5.60 Å². The van der Waals surface area contributed by atoms with Crippen LogP contribution in [-0.4, -0.2) is 39.6 Å². The van der Waals surface area contributed by atoms with Gasteiger partial charge in [0.2, 0.25) is 5.91 Å². The minimum atomic E-state index is -0.746. The molecular formula is C15H16N2O2S2. The van der Waals surface area contributed by atoms with Gasteiger partial charge in [0.25, 0.3) is 0 Å². The number of para-hydroxylation sites is 1. The number of fused-ring (bicyclic) bond motifs is 1. The zero-order valence-electron chi connectivity index (χ0n) is 11.4. The molecule has 0 radical (unpaired) electrons. The monoisotopic (exact) mass is 320 g/mol. The summed E-state index contributed by atoms with van der Waals surface area (Å²) in [7, 11) is 0. The molecule has 110 valence electrons. The largest absolute Gasteiger partial charge is 0.387 e. The van der Waals surface area contributed by atoms with E-state index >= 15 is 0 Å². The maximum atomic E-state index is 11.8. The highest BCUT2D eigenvalue weighted by Gasteiger charge is 2.31. The Hall–Kier alpha value is -1.37. The molecule has 3 rings (SSSR count). The van der Waals surface area contributed by atoms with Crippen molar-refractivity contribution in [1.82, 2.24) is 10.3 Å². The number of hydrogen-bond acceptors (Lipinski definition) is 5. The fourth-order valence-electron chi connectivity index (χ4n) is 2.15. The van der Waals surface area contributed by atoms with Crippen LogP contribution >= 0.6 is 23.1 Å². The van der Waals surface area contributed by atoms with Gasteiger partial charge in [-0.25, -0.2) is 4.98 Å². The summed E-state index contributed by atoms with van der Waals surface area (Å²) in [5.41, 5.74) is 0.198. The van der Waals surface area contributed by atoms with E-state index in [0.717, 1.165) is 27.4 Å². The molecule has 2 aromatic rings. The van der Waals surface area contributed by atoms with E-state index in [0.29, 0.717) is 12.3 Å². The fourth-order valence-corrected chi connectivity index (χ4v) is 4.32. The number of nitrogens with one attached hydrogen (secondary N) is 1. The van der Waals surface area contributed by atoms with Gasteiger partial charge in [-0.15, -0.1) is 11.3 Å². The second-order valence-corrected chi connectivity index (χ2v) is 7.27. The summed E-state index contributed by atoms with van der Waals surface area (Å²) < 4.78 is 1.11. The molecule has 1 fully saturated rings. The van der Waals surface area contributed by atoms with E-state index in [1.807, 2.05) is 24.3 Å². The van der Waals surface area contributed by atoms with Gasteiger partial charge in [0.05, 0.1) is 15.8 Å². The van der Waals surface area contributed by atoms with Gasteiger partial charge in [0.15, 0.2) is 0 Å². The number of nitrogens with zero attached hydrogens (tertiary/aromatic N) is 1. The lowest BCUT2D eigenvalue weighted by atomic mass is 10.0. The van der Waals surface area contributed by atoms with Gasteiger partial charge in [-0.05, 0) is 30.4 Å². The van der Waals surface area contributed by atoms with Gasteiger partial charge in [-0.2, -0.15) is 11.8 Å². The van der Waals surface area contributed by atoms with Crippen LogP contribution in [0.3, 0.4) is 0 Å². The Balaban J connectivity index is 1.58. The lowest BCUT2D eigenvalue weighted by Crippen LogP contribution is -2.42. The molecule has 4 nitrogen and oxygen atoms in total. The summed E-state index contributed by atoms with van der Waals surface area (Å²) in [6, 6.07) is 7.89. The van der Waals surface area contributed by atoms with Gasteiger partial charge in [0, 0.05) is 18.4 Å². The van der Waals surface area contributed by atoms with Crippen LogP contribution < -0.4 is 5.32 Å². The standard InChI is InChI=1S/C15H16N2O2S2/c18-13(16-9-15(19)7-8-20-10-15)5-6-14-17-11-3-1-2-4-12(11)21-14/h1-6,19H,7-10H2,(H,16,18). The van der Waals surface area contributed by atoms with Crippen molar-refractivity contribution in [2.75, 3.05) is 18.1 Å². The predicted octanol–water partition coefficient (Wildman–Crippen LogP) is 2.29. The first-order chi connectivity index (χ1) is 10.1. The average molecular weight is 320 g/mol.